The van der Waals surface area contributed by atoms with Crippen LogP contribution in [-0.2, 0) is 140 Å². The molecule has 15 aliphatic rings. The van der Waals surface area contributed by atoms with Gasteiger partial charge < -0.3 is 111 Å². The van der Waals surface area contributed by atoms with E-state index in [-0.39, 0.29) is 81.3 Å². The van der Waals surface area contributed by atoms with Crippen molar-refractivity contribution in [2.24, 2.45) is 5.73 Å². The van der Waals surface area contributed by atoms with E-state index in [0.717, 1.165) is 156 Å². The van der Waals surface area contributed by atoms with Crippen LogP contribution in [0.3, 0.4) is 0 Å². The predicted octanol–water partition coefficient (Wildman–Crippen LogP) is 10.5. The molecule has 19 heterocycles. The van der Waals surface area contributed by atoms with E-state index in [1.807, 2.05) is 73.1 Å². The molecule has 37 nitrogen and oxygen atoms in total. The number of Topliss-reactive ketones (excluding diaryl/α,β-unsaturated/α-hetero) is 2. The highest BCUT2D eigenvalue weighted by Crippen LogP contribution is 2.51. The number of methoxy groups -OCH3 is 3. The lowest BCUT2D eigenvalue weighted by Crippen LogP contribution is -2.55. The van der Waals surface area contributed by atoms with Crippen molar-refractivity contribution in [1.82, 2.24) is 19.9 Å². The van der Waals surface area contributed by atoms with Crippen molar-refractivity contribution in [3.63, 3.8) is 0 Å². The number of esters is 3. The summed E-state index contributed by atoms with van der Waals surface area (Å²) in [4.78, 5) is 82.1. The summed E-state index contributed by atoms with van der Waals surface area (Å²) in [6, 6.07) is 24.8. The summed E-state index contributed by atoms with van der Waals surface area (Å²) < 4.78 is 125. The SMILES string of the molecule is Brc1ccccn1.C=CCCO.CS(=O)(=O)OC1CCOC2(CCOC2)C1.N#CCC1(c2ccccn2)CCOC2(CCOC2)C1.NCCC1(c2ccccn2)CCOC2(CCOC2)C1.O=C1CCOC1.O=C1CCOC2(CCOC2)C1.OC1CCOC2(CCOC2)C1.[C-]#[N+]C(C(=O)OC)=C1CCOC2(CCOC2)C1.[C-]#[N+]C(C(=O)OC)C1(c2ccccn2)CCOC2(CCOC2)C1.[C-]#[N+]CC(=O)OC. The third kappa shape index (κ3) is 34.9. The Morgan fingerprint density at radius 3 is 1.41 bits per heavy atom. The van der Waals surface area contributed by atoms with Gasteiger partial charge in [-0.2, -0.15) is 13.7 Å². The first kappa shape index (κ1) is 115. The van der Waals surface area contributed by atoms with E-state index >= 15 is 0 Å². The van der Waals surface area contributed by atoms with Crippen molar-refractivity contribution in [1.29, 1.82) is 5.26 Å². The summed E-state index contributed by atoms with van der Waals surface area (Å²) in [6.07, 6.45) is 28.4. The van der Waals surface area contributed by atoms with Gasteiger partial charge in [0.25, 0.3) is 15.8 Å². The first-order valence-electron chi connectivity index (χ1n) is 47.9. The van der Waals surface area contributed by atoms with Gasteiger partial charge in [-0.05, 0) is 148 Å². The molecular weight excluding hydrogens is 1900 g/mol. The molecule has 19 rings (SSSR count). The average molecular weight is 2040 g/mol. The van der Waals surface area contributed by atoms with Crippen LogP contribution in [0.5, 0.6) is 0 Å². The highest BCUT2D eigenvalue weighted by Gasteiger charge is 2.60. The van der Waals surface area contributed by atoms with Crippen LogP contribution in [0.4, 0.5) is 0 Å². The lowest BCUT2D eigenvalue weighted by atomic mass is 9.65. The van der Waals surface area contributed by atoms with Crippen LogP contribution >= 0.6 is 15.9 Å². The zero-order valence-electron chi connectivity index (χ0n) is 81.3. The van der Waals surface area contributed by atoms with E-state index in [4.69, 9.17) is 111 Å². The largest absolute Gasteiger partial charge is 0.474 e. The fourth-order valence-corrected chi connectivity index (χ4v) is 20.7. The Bertz CT molecular complexity index is 4770. The Morgan fingerprint density at radius 1 is 0.557 bits per heavy atom. The van der Waals surface area contributed by atoms with Crippen molar-refractivity contribution in [3.05, 3.63) is 177 Å². The number of aromatic nitrogens is 4. The second kappa shape index (κ2) is 57.8. The van der Waals surface area contributed by atoms with Crippen LogP contribution in [0.25, 0.3) is 14.5 Å². The van der Waals surface area contributed by atoms with Gasteiger partial charge in [-0.25, -0.2) is 32.6 Å². The van der Waals surface area contributed by atoms with E-state index < -0.39 is 45.1 Å². The number of aliphatic hydroxyl groups excluding tert-OH is 2. The summed E-state index contributed by atoms with van der Waals surface area (Å²) in [5.41, 5.74) is 7.20. The molecule has 15 fully saturated rings. The molecule has 0 aliphatic carbocycles. The normalized spacial score (nSPS) is 30.9. The number of nitriles is 1. The number of hydrogen-bond donors (Lipinski definition) is 3. The predicted molar refractivity (Wildman–Crippen MR) is 512 cm³/mol. The molecular formula is C101H140BrN9O28S. The molecule has 4 aromatic heterocycles. The zero-order chi connectivity index (χ0) is 101. The molecule has 15 aliphatic heterocycles. The van der Waals surface area contributed by atoms with Crippen molar-refractivity contribution < 1.29 is 132 Å². The fraction of sp³-hybridized carbons (Fsp3) is 0.673. The van der Waals surface area contributed by atoms with Crippen LogP contribution < -0.4 is 5.73 Å². The van der Waals surface area contributed by atoms with Gasteiger partial charge in [0, 0.05) is 223 Å². The monoisotopic (exact) mass is 2040 g/mol. The maximum Gasteiger partial charge on any atom is 0.391 e. The van der Waals surface area contributed by atoms with Gasteiger partial charge in [-0.3, -0.25) is 33.5 Å². The van der Waals surface area contributed by atoms with Crippen molar-refractivity contribution in [2.45, 2.75) is 234 Å². The van der Waals surface area contributed by atoms with E-state index in [0.29, 0.717) is 202 Å². The van der Waals surface area contributed by atoms with E-state index in [2.05, 4.69) is 84.7 Å². The summed E-state index contributed by atoms with van der Waals surface area (Å²) in [7, 11) is 0.504. The molecule has 140 heavy (non-hydrogen) atoms. The molecule has 0 aromatic carbocycles. The molecule has 0 amide bonds. The van der Waals surface area contributed by atoms with Crippen LogP contribution in [-0.4, -0.2) is 325 Å². The Kier molecular flexibility index (Phi) is 47.5. The third-order valence-corrected chi connectivity index (χ3v) is 28.1. The average Bonchev–Trinajstić information content (AvgIpc) is 1.14. The van der Waals surface area contributed by atoms with Crippen molar-refractivity contribution in [2.75, 3.05) is 199 Å². The highest BCUT2D eigenvalue weighted by atomic mass is 79.9. The van der Waals surface area contributed by atoms with E-state index in [9.17, 15) is 42.8 Å². The molecule has 4 N–H and O–H groups in total. The number of rotatable bonds is 14. The third-order valence-electron chi connectivity index (χ3n) is 27.0. The Labute approximate surface area is 830 Å². The highest BCUT2D eigenvalue weighted by molar-refractivity contribution is 9.10. The van der Waals surface area contributed by atoms with Gasteiger partial charge in [0.15, 0.2) is 5.78 Å². The minimum absolute atomic E-state index is 0.0575. The Morgan fingerprint density at radius 2 is 1.02 bits per heavy atom. The molecule has 0 radical (unpaired) electrons. The number of aliphatic hydroxyl groups is 2. The number of hydrogen-bond acceptors (Lipinski definition) is 34. The quantitative estimate of drug-likeness (QED) is 0.0201. The number of carbonyl (C=O) groups excluding carboxylic acids is 5. The Hall–Kier alpha value is -8.54. The fourth-order valence-electron chi connectivity index (χ4n) is 19.8. The molecule has 770 valence electrons. The van der Waals surface area contributed by atoms with Gasteiger partial charge in [-0.15, -0.1) is 6.58 Å². The standard InChI is InChI=1S/C17H20N2O4.C15H22N2O2.C15H18N2O2.C12H15NO4.C9H16O5S.C8H14O3.C8H12O3.C5H4BrN.C4H5NO2.C4H6O2.C4H8O/c1-18-14(15(20)21-2)17(13-5-3-4-8-19-13)7-10-23-16(11-17)6-9-22-12-16;2*16-7-4-14(13-3-1-2-8-17-13)5-10-19-15(11-14)6-9-18-12-15;1-13-10(11(14)15-2)9-3-5-17-12(7-9)4-6-16-8-12;1-15(10,11)14-8-2-4-13-9(6-8)3-5-12-7-9;2*9-7-1-3-11-8(5-7)2-4-10-6-8;6-5-3-1-2-4-7-5;1-5-3-4(6)7-2;5-4-1-2-6-3-4;1-2-3-4-5/h3-5,8,14H,6-7,9-12H2,2H3;1-3,8H,4-7,9-12,16H2;1-3,8H,4-6,9-12H2;3-8H2,2H3;8H,2-7H2,1H3;7,9H,1-6H2;1-6H2;1-4H;3H2,2H3;1-3H2;2,5H,1,3-4H2. The second-order valence-corrected chi connectivity index (χ2v) is 39.5. The van der Waals surface area contributed by atoms with Gasteiger partial charge >= 0.3 is 30.5 Å². The second-order valence-electron chi connectivity index (χ2n) is 37.1. The van der Waals surface area contributed by atoms with Crippen LogP contribution in [0, 0.1) is 31.0 Å². The maximum absolute atomic E-state index is 12.3. The van der Waals surface area contributed by atoms with E-state index in [1.165, 1.54) is 21.3 Å². The lowest BCUT2D eigenvalue weighted by molar-refractivity contribution is -0.149. The van der Waals surface area contributed by atoms with Crippen LogP contribution in [0.1, 0.15) is 178 Å². The number of ketones is 2. The van der Waals surface area contributed by atoms with Crippen molar-refractivity contribution in [3.8, 4) is 6.07 Å². The van der Waals surface area contributed by atoms with Gasteiger partial charge in [0.2, 0.25) is 0 Å². The molecule has 0 bridgehead atoms. The van der Waals surface area contributed by atoms with Gasteiger partial charge in [-0.1, -0.05) is 35.9 Å². The van der Waals surface area contributed by atoms with Crippen molar-refractivity contribution >= 4 is 55.5 Å². The Balaban J connectivity index is 0.000000177. The number of halogens is 1. The molecule has 13 unspecified atom stereocenters. The number of pyridine rings is 4. The summed E-state index contributed by atoms with van der Waals surface area (Å²) in [5.74, 6) is -0.987. The number of nitrogens with zero attached hydrogens (tertiary/aromatic N) is 8. The molecule has 15 saturated heterocycles. The minimum Gasteiger partial charge on any atom is -0.474 e. The molecule has 39 heteroatoms. The summed E-state index contributed by atoms with van der Waals surface area (Å²) in [6.45, 7) is 39.6. The zero-order valence-corrected chi connectivity index (χ0v) is 83.7. The van der Waals surface area contributed by atoms with Gasteiger partial charge in [0.1, 0.15) is 28.0 Å². The molecule has 13 atom stereocenters. The molecule has 7 spiro atoms. The molecule has 4 aromatic rings. The number of nitrogens with two attached hydrogens (primary N) is 1. The lowest BCUT2D eigenvalue weighted by Gasteiger charge is -2.45. The topological polar surface area (TPSA) is 450 Å². The summed E-state index contributed by atoms with van der Waals surface area (Å²) >= 11 is 3.20. The number of carbonyl (C=O) groups is 5. The van der Waals surface area contributed by atoms with E-state index in [1.54, 1.807) is 18.5 Å². The molecule has 0 saturated carbocycles. The number of ether oxygens (including phenoxy) is 18. The first-order chi connectivity index (χ1) is 67.6. The van der Waals surface area contributed by atoms with Crippen LogP contribution in [0.2, 0.25) is 0 Å². The maximum atomic E-state index is 12.3. The van der Waals surface area contributed by atoms with Crippen LogP contribution in [0.15, 0.2) is 126 Å². The smallest absolute Gasteiger partial charge is 0.391 e. The first-order valence-corrected chi connectivity index (χ1v) is 50.5. The minimum atomic E-state index is -3.37. The van der Waals surface area contributed by atoms with Gasteiger partial charge in [0.05, 0.1) is 151 Å². The summed E-state index contributed by atoms with van der Waals surface area (Å²) in [5, 5.41) is 26.6.